The average molecular weight is 226 g/mol. The lowest BCUT2D eigenvalue weighted by molar-refractivity contribution is 0.0982. The number of hydrogen-bond acceptors (Lipinski definition) is 3. The molecular formula is C11H16ClN3. The van der Waals surface area contributed by atoms with E-state index in [9.17, 15) is 0 Å². The molecule has 0 amide bonds. The van der Waals surface area contributed by atoms with E-state index in [0.717, 1.165) is 6.54 Å². The molecule has 2 heterocycles. The van der Waals surface area contributed by atoms with Crippen molar-refractivity contribution in [2.75, 3.05) is 13.6 Å². The van der Waals surface area contributed by atoms with Crippen LogP contribution in [0.25, 0.3) is 0 Å². The first kappa shape index (κ1) is 10.9. The van der Waals surface area contributed by atoms with E-state index in [-0.39, 0.29) is 0 Å². The van der Waals surface area contributed by atoms with E-state index in [2.05, 4.69) is 21.5 Å². The van der Waals surface area contributed by atoms with Crippen molar-refractivity contribution in [1.29, 1.82) is 0 Å². The zero-order chi connectivity index (χ0) is 10.7. The summed E-state index contributed by atoms with van der Waals surface area (Å²) in [6, 6.07) is 4.36. The first-order valence-electron chi connectivity index (χ1n) is 5.37. The fourth-order valence-electron chi connectivity index (χ4n) is 2.13. The van der Waals surface area contributed by atoms with Crippen molar-refractivity contribution in [2.24, 2.45) is 0 Å². The van der Waals surface area contributed by atoms with E-state index >= 15 is 0 Å². The minimum absolute atomic E-state index is 0.438. The van der Waals surface area contributed by atoms with Gasteiger partial charge in [-0.15, -0.1) is 0 Å². The maximum absolute atomic E-state index is 5.78. The summed E-state index contributed by atoms with van der Waals surface area (Å²) in [5, 5.41) is 2.83. The van der Waals surface area contributed by atoms with Gasteiger partial charge in [0.05, 0.1) is 6.04 Å². The molecule has 0 aromatic carbocycles. The summed E-state index contributed by atoms with van der Waals surface area (Å²) in [5.74, 6) is 0. The summed E-state index contributed by atoms with van der Waals surface area (Å²) in [6.07, 6.45) is 5.61. The van der Waals surface area contributed by atoms with Crippen LogP contribution in [0.4, 0.5) is 0 Å². The van der Waals surface area contributed by atoms with Gasteiger partial charge in [-0.2, -0.15) is 0 Å². The molecule has 15 heavy (non-hydrogen) atoms. The Morgan fingerprint density at radius 2 is 2.33 bits per heavy atom. The molecule has 2 rings (SSSR count). The second kappa shape index (κ2) is 4.92. The summed E-state index contributed by atoms with van der Waals surface area (Å²) >= 11 is 5.78. The Labute approximate surface area is 95.4 Å². The van der Waals surface area contributed by atoms with Crippen LogP contribution in [-0.4, -0.2) is 23.6 Å². The van der Waals surface area contributed by atoms with Gasteiger partial charge in [0, 0.05) is 12.7 Å². The molecular weight excluding hydrogens is 210 g/mol. The van der Waals surface area contributed by atoms with Gasteiger partial charge in [-0.3, -0.25) is 5.43 Å². The van der Waals surface area contributed by atoms with Crippen molar-refractivity contribution in [2.45, 2.75) is 25.3 Å². The van der Waals surface area contributed by atoms with Crippen LogP contribution in [0.5, 0.6) is 0 Å². The van der Waals surface area contributed by atoms with Crippen molar-refractivity contribution in [3.05, 3.63) is 29.0 Å². The van der Waals surface area contributed by atoms with Gasteiger partial charge >= 0.3 is 0 Å². The minimum atomic E-state index is 0.438. The molecule has 0 saturated carbocycles. The van der Waals surface area contributed by atoms with Crippen LogP contribution >= 0.6 is 11.6 Å². The fourth-order valence-corrected chi connectivity index (χ4v) is 2.24. The van der Waals surface area contributed by atoms with E-state index < -0.39 is 0 Å². The number of hydrazine groups is 1. The SMILES string of the molecule is CNN1CCCC[C@@H]1c1ccc(Cl)nc1. The van der Waals surface area contributed by atoms with Crippen LogP contribution < -0.4 is 5.43 Å². The van der Waals surface area contributed by atoms with Crippen molar-refractivity contribution in [3.63, 3.8) is 0 Å². The number of nitrogens with one attached hydrogen (secondary N) is 1. The van der Waals surface area contributed by atoms with Crippen molar-refractivity contribution in [3.8, 4) is 0 Å². The molecule has 0 unspecified atom stereocenters. The number of nitrogens with zero attached hydrogens (tertiary/aromatic N) is 2. The monoisotopic (exact) mass is 225 g/mol. The van der Waals surface area contributed by atoms with E-state index in [0.29, 0.717) is 11.2 Å². The van der Waals surface area contributed by atoms with Crippen LogP contribution in [0.2, 0.25) is 5.15 Å². The second-order valence-corrected chi connectivity index (χ2v) is 4.23. The number of hydrogen-bond donors (Lipinski definition) is 1. The third kappa shape index (κ3) is 2.48. The predicted octanol–water partition coefficient (Wildman–Crippen LogP) is 2.40. The van der Waals surface area contributed by atoms with Crippen molar-refractivity contribution >= 4 is 11.6 Å². The van der Waals surface area contributed by atoms with E-state index in [4.69, 9.17) is 11.6 Å². The molecule has 0 radical (unpaired) electrons. The highest BCUT2D eigenvalue weighted by molar-refractivity contribution is 6.29. The van der Waals surface area contributed by atoms with Crippen molar-refractivity contribution < 1.29 is 0 Å². The molecule has 0 bridgehead atoms. The largest absolute Gasteiger partial charge is 0.258 e. The van der Waals surface area contributed by atoms with Crippen molar-refractivity contribution in [1.82, 2.24) is 15.4 Å². The van der Waals surface area contributed by atoms with Gasteiger partial charge in [0.1, 0.15) is 5.15 Å². The summed E-state index contributed by atoms with van der Waals surface area (Å²) in [5.41, 5.74) is 4.48. The molecule has 82 valence electrons. The number of rotatable bonds is 2. The lowest BCUT2D eigenvalue weighted by atomic mass is 9.98. The molecule has 0 aliphatic carbocycles. The Morgan fingerprint density at radius 3 is 3.00 bits per heavy atom. The normalized spacial score (nSPS) is 22.9. The number of aromatic nitrogens is 1. The Morgan fingerprint density at radius 1 is 1.47 bits per heavy atom. The molecule has 1 N–H and O–H groups in total. The van der Waals surface area contributed by atoms with Gasteiger partial charge in [0.25, 0.3) is 0 Å². The van der Waals surface area contributed by atoms with Gasteiger partial charge in [-0.05, 0) is 31.5 Å². The first-order chi connectivity index (χ1) is 7.31. The lowest BCUT2D eigenvalue weighted by Crippen LogP contribution is -2.41. The van der Waals surface area contributed by atoms with Gasteiger partial charge in [-0.1, -0.05) is 24.1 Å². The minimum Gasteiger partial charge on any atom is -0.258 e. The van der Waals surface area contributed by atoms with Crippen LogP contribution in [0.3, 0.4) is 0 Å². The van der Waals surface area contributed by atoms with Gasteiger partial charge < -0.3 is 0 Å². The van der Waals surface area contributed by atoms with Crippen LogP contribution in [0.1, 0.15) is 30.9 Å². The Kier molecular flexibility index (Phi) is 3.57. The van der Waals surface area contributed by atoms with Gasteiger partial charge in [-0.25, -0.2) is 9.99 Å². The Hall–Kier alpha value is -0.640. The standard InChI is InChI=1S/C11H16ClN3/c1-13-15-7-3-2-4-10(15)9-5-6-11(12)14-8-9/h5-6,8,10,13H,2-4,7H2,1H3/t10-/m1/s1. The number of pyridine rings is 1. The third-order valence-corrected chi connectivity index (χ3v) is 3.15. The van der Waals surface area contributed by atoms with E-state index in [1.165, 1.54) is 24.8 Å². The van der Waals surface area contributed by atoms with Crippen LogP contribution in [0, 0.1) is 0 Å². The summed E-state index contributed by atoms with van der Waals surface area (Å²) in [7, 11) is 1.97. The quantitative estimate of drug-likeness (QED) is 0.784. The van der Waals surface area contributed by atoms with Crippen LogP contribution in [-0.2, 0) is 0 Å². The van der Waals surface area contributed by atoms with E-state index in [1.807, 2.05) is 19.3 Å². The molecule has 1 aromatic rings. The Balaban J connectivity index is 2.16. The van der Waals surface area contributed by atoms with Gasteiger partial charge in [0.15, 0.2) is 0 Å². The van der Waals surface area contributed by atoms with E-state index in [1.54, 1.807) is 0 Å². The molecule has 3 nitrogen and oxygen atoms in total. The third-order valence-electron chi connectivity index (χ3n) is 2.93. The molecule has 1 aromatic heterocycles. The van der Waals surface area contributed by atoms with Gasteiger partial charge in [0.2, 0.25) is 0 Å². The molecule has 1 saturated heterocycles. The maximum Gasteiger partial charge on any atom is 0.129 e. The predicted molar refractivity (Wildman–Crippen MR) is 61.6 cm³/mol. The molecule has 1 aliphatic rings. The van der Waals surface area contributed by atoms with Crippen LogP contribution in [0.15, 0.2) is 18.3 Å². The molecule has 1 aliphatic heterocycles. The molecule has 4 heteroatoms. The summed E-state index contributed by atoms with van der Waals surface area (Å²) < 4.78 is 0. The highest BCUT2D eigenvalue weighted by atomic mass is 35.5. The summed E-state index contributed by atoms with van der Waals surface area (Å²) in [6.45, 7) is 1.10. The highest BCUT2D eigenvalue weighted by Crippen LogP contribution is 2.28. The number of halogens is 1. The molecule has 1 atom stereocenters. The highest BCUT2D eigenvalue weighted by Gasteiger charge is 2.22. The fraction of sp³-hybridized carbons (Fsp3) is 0.545. The first-order valence-corrected chi connectivity index (χ1v) is 5.74. The zero-order valence-electron chi connectivity index (χ0n) is 8.91. The molecule has 1 fully saturated rings. The average Bonchev–Trinajstić information content (AvgIpc) is 2.30. The molecule has 0 spiro atoms. The second-order valence-electron chi connectivity index (χ2n) is 3.84. The lowest BCUT2D eigenvalue weighted by Gasteiger charge is -2.34. The Bertz CT molecular complexity index is 312. The summed E-state index contributed by atoms with van der Waals surface area (Å²) in [4.78, 5) is 4.13. The topological polar surface area (TPSA) is 28.2 Å². The number of piperidine rings is 1. The smallest absolute Gasteiger partial charge is 0.129 e. The maximum atomic E-state index is 5.78. The zero-order valence-corrected chi connectivity index (χ0v) is 9.67.